The van der Waals surface area contributed by atoms with Gasteiger partial charge in [-0.3, -0.25) is 9.69 Å². The zero-order chi connectivity index (χ0) is 13.9. The average molecular weight is 306 g/mol. The Kier molecular flexibility index (Phi) is 4.29. The standard InChI is InChI=1S/C15H18N2OS2/c1-11-16-13(10-20-11)9-17-6-2-4-12(8-17)15(18)14-5-3-7-19-14/h3,5,7,10,12H,2,4,6,8-9H2,1H3/t12-/m1/s1. The Morgan fingerprint density at radius 1 is 1.50 bits per heavy atom. The van der Waals surface area contributed by atoms with Crippen molar-refractivity contribution in [3.63, 3.8) is 0 Å². The number of carbonyl (C=O) groups excluding carboxylic acids is 1. The molecule has 5 heteroatoms. The number of thiazole rings is 1. The zero-order valence-corrected chi connectivity index (χ0v) is 13.2. The van der Waals surface area contributed by atoms with Crippen LogP contribution in [0.15, 0.2) is 22.9 Å². The highest BCUT2D eigenvalue weighted by Crippen LogP contribution is 2.24. The van der Waals surface area contributed by atoms with Crippen molar-refractivity contribution in [2.24, 2.45) is 5.92 Å². The molecule has 0 radical (unpaired) electrons. The summed E-state index contributed by atoms with van der Waals surface area (Å²) in [4.78, 5) is 20.2. The Bertz CT molecular complexity index is 576. The third-order valence-electron chi connectivity index (χ3n) is 3.69. The van der Waals surface area contributed by atoms with Gasteiger partial charge in [-0.2, -0.15) is 0 Å². The summed E-state index contributed by atoms with van der Waals surface area (Å²) >= 11 is 3.25. The van der Waals surface area contributed by atoms with Crippen molar-refractivity contribution < 1.29 is 4.79 Å². The van der Waals surface area contributed by atoms with Crippen LogP contribution in [0.5, 0.6) is 0 Å². The van der Waals surface area contributed by atoms with Crippen LogP contribution in [0.25, 0.3) is 0 Å². The molecule has 1 aliphatic heterocycles. The Labute approximate surface area is 127 Å². The number of aromatic nitrogens is 1. The molecule has 1 saturated heterocycles. The first-order valence-electron chi connectivity index (χ1n) is 6.93. The van der Waals surface area contributed by atoms with Crippen LogP contribution in [0.4, 0.5) is 0 Å². The molecule has 3 rings (SSSR count). The van der Waals surface area contributed by atoms with Crippen LogP contribution in [-0.4, -0.2) is 28.8 Å². The summed E-state index contributed by atoms with van der Waals surface area (Å²) in [5.74, 6) is 0.473. The number of hydrogen-bond acceptors (Lipinski definition) is 5. The SMILES string of the molecule is Cc1nc(CN2CCC[C@@H](C(=O)c3cccs3)C2)cs1. The van der Waals surface area contributed by atoms with Crippen molar-refractivity contribution in [2.45, 2.75) is 26.3 Å². The van der Waals surface area contributed by atoms with E-state index in [-0.39, 0.29) is 5.92 Å². The summed E-state index contributed by atoms with van der Waals surface area (Å²) in [5.41, 5.74) is 1.14. The van der Waals surface area contributed by atoms with Gasteiger partial charge in [-0.1, -0.05) is 6.07 Å². The van der Waals surface area contributed by atoms with E-state index in [4.69, 9.17) is 0 Å². The monoisotopic (exact) mass is 306 g/mol. The molecule has 1 atom stereocenters. The molecule has 0 bridgehead atoms. The lowest BCUT2D eigenvalue weighted by atomic mass is 9.93. The summed E-state index contributed by atoms with van der Waals surface area (Å²) < 4.78 is 0. The fraction of sp³-hybridized carbons (Fsp3) is 0.467. The highest BCUT2D eigenvalue weighted by atomic mass is 32.1. The van der Waals surface area contributed by atoms with Crippen LogP contribution in [0.2, 0.25) is 0 Å². The fourth-order valence-corrected chi connectivity index (χ4v) is 4.09. The van der Waals surface area contributed by atoms with E-state index in [9.17, 15) is 4.79 Å². The highest BCUT2D eigenvalue weighted by molar-refractivity contribution is 7.12. The third-order valence-corrected chi connectivity index (χ3v) is 5.40. The molecular weight excluding hydrogens is 288 g/mol. The maximum atomic E-state index is 12.4. The third kappa shape index (κ3) is 3.16. The Morgan fingerprint density at radius 2 is 2.40 bits per heavy atom. The van der Waals surface area contributed by atoms with Crippen molar-refractivity contribution in [3.05, 3.63) is 38.5 Å². The maximum absolute atomic E-state index is 12.4. The second-order valence-electron chi connectivity index (χ2n) is 5.27. The van der Waals surface area contributed by atoms with Crippen molar-refractivity contribution in [2.75, 3.05) is 13.1 Å². The number of carbonyl (C=O) groups is 1. The van der Waals surface area contributed by atoms with Crippen molar-refractivity contribution >= 4 is 28.5 Å². The Balaban J connectivity index is 1.63. The van der Waals surface area contributed by atoms with Gasteiger partial charge in [0, 0.05) is 24.4 Å². The molecule has 1 fully saturated rings. The normalized spacial score (nSPS) is 20.1. The second-order valence-corrected chi connectivity index (χ2v) is 7.28. The maximum Gasteiger partial charge on any atom is 0.177 e. The molecule has 0 aromatic carbocycles. The van der Waals surface area contributed by atoms with E-state index in [1.807, 2.05) is 24.4 Å². The first-order valence-corrected chi connectivity index (χ1v) is 8.69. The summed E-state index contributed by atoms with van der Waals surface area (Å²) in [5, 5.41) is 5.22. The smallest absolute Gasteiger partial charge is 0.177 e. The zero-order valence-electron chi connectivity index (χ0n) is 11.5. The Hall–Kier alpha value is -1.04. The number of hydrogen-bond donors (Lipinski definition) is 0. The molecule has 0 unspecified atom stereocenters. The van der Waals surface area contributed by atoms with Crippen LogP contribution in [0, 0.1) is 12.8 Å². The predicted molar refractivity (Wildman–Crippen MR) is 83.5 cm³/mol. The van der Waals surface area contributed by atoms with Gasteiger partial charge in [0.15, 0.2) is 5.78 Å². The number of aryl methyl sites for hydroxylation is 1. The lowest BCUT2D eigenvalue weighted by Crippen LogP contribution is -2.38. The number of nitrogens with zero attached hydrogens (tertiary/aromatic N) is 2. The Morgan fingerprint density at radius 3 is 3.10 bits per heavy atom. The fourth-order valence-electron chi connectivity index (χ4n) is 2.74. The van der Waals surface area contributed by atoms with Crippen LogP contribution in [0.3, 0.4) is 0 Å². The van der Waals surface area contributed by atoms with Gasteiger partial charge in [0.25, 0.3) is 0 Å². The van der Waals surface area contributed by atoms with Crippen molar-refractivity contribution in [3.8, 4) is 0 Å². The predicted octanol–water partition coefficient (Wildman–Crippen LogP) is 3.61. The summed E-state index contributed by atoms with van der Waals surface area (Å²) in [7, 11) is 0. The minimum Gasteiger partial charge on any atom is -0.297 e. The van der Waals surface area contributed by atoms with E-state index < -0.39 is 0 Å². The minimum atomic E-state index is 0.155. The molecule has 0 spiro atoms. The summed E-state index contributed by atoms with van der Waals surface area (Å²) in [6.07, 6.45) is 2.12. The lowest BCUT2D eigenvalue weighted by Gasteiger charge is -2.31. The topological polar surface area (TPSA) is 33.2 Å². The van der Waals surface area contributed by atoms with Gasteiger partial charge < -0.3 is 0 Å². The number of Topliss-reactive ketones (excluding diaryl/α,β-unsaturated/α-hetero) is 1. The van der Waals surface area contributed by atoms with Gasteiger partial charge in [-0.15, -0.1) is 22.7 Å². The molecule has 2 aromatic heterocycles. The molecule has 3 heterocycles. The van der Waals surface area contributed by atoms with Gasteiger partial charge in [0.2, 0.25) is 0 Å². The van der Waals surface area contributed by atoms with Crippen LogP contribution in [0.1, 0.15) is 33.2 Å². The van der Waals surface area contributed by atoms with E-state index in [1.165, 1.54) is 0 Å². The van der Waals surface area contributed by atoms with E-state index in [0.29, 0.717) is 5.78 Å². The molecule has 3 nitrogen and oxygen atoms in total. The van der Waals surface area contributed by atoms with Crippen molar-refractivity contribution in [1.82, 2.24) is 9.88 Å². The van der Waals surface area contributed by atoms with E-state index >= 15 is 0 Å². The van der Waals surface area contributed by atoms with Gasteiger partial charge in [0.05, 0.1) is 15.6 Å². The average Bonchev–Trinajstić information content (AvgIpc) is 3.10. The van der Waals surface area contributed by atoms with E-state index in [2.05, 4.69) is 15.3 Å². The summed E-state index contributed by atoms with van der Waals surface area (Å²) in [6.45, 7) is 4.85. The second kappa shape index (κ2) is 6.16. The largest absolute Gasteiger partial charge is 0.297 e. The molecule has 1 aliphatic rings. The molecule has 20 heavy (non-hydrogen) atoms. The van der Waals surface area contributed by atoms with E-state index in [0.717, 1.165) is 48.1 Å². The van der Waals surface area contributed by atoms with E-state index in [1.54, 1.807) is 22.7 Å². The first-order chi connectivity index (χ1) is 9.72. The highest BCUT2D eigenvalue weighted by Gasteiger charge is 2.27. The molecule has 0 N–H and O–H groups in total. The molecule has 0 saturated carbocycles. The molecule has 106 valence electrons. The summed E-state index contributed by atoms with van der Waals surface area (Å²) in [6, 6.07) is 3.90. The minimum absolute atomic E-state index is 0.155. The number of piperidine rings is 1. The number of rotatable bonds is 4. The number of thiophene rings is 1. The molecule has 0 amide bonds. The van der Waals surface area contributed by atoms with Crippen molar-refractivity contribution in [1.29, 1.82) is 0 Å². The first kappa shape index (κ1) is 13.9. The quantitative estimate of drug-likeness (QED) is 0.809. The molecule has 0 aliphatic carbocycles. The van der Waals surface area contributed by atoms with Gasteiger partial charge in [-0.05, 0) is 37.8 Å². The lowest BCUT2D eigenvalue weighted by molar-refractivity contribution is 0.0814. The van der Waals surface area contributed by atoms with Crippen LogP contribution >= 0.6 is 22.7 Å². The van der Waals surface area contributed by atoms with Crippen LogP contribution < -0.4 is 0 Å². The molecule has 2 aromatic rings. The van der Waals surface area contributed by atoms with Gasteiger partial charge in [0.1, 0.15) is 0 Å². The number of ketones is 1. The van der Waals surface area contributed by atoms with Crippen LogP contribution in [-0.2, 0) is 6.54 Å². The van der Waals surface area contributed by atoms with Gasteiger partial charge >= 0.3 is 0 Å². The number of likely N-dealkylation sites (tertiary alicyclic amines) is 1. The van der Waals surface area contributed by atoms with Gasteiger partial charge in [-0.25, -0.2) is 4.98 Å². The molecular formula is C15H18N2OS2.